The third-order valence-corrected chi connectivity index (χ3v) is 3.39. The number of hydrogen-bond donors (Lipinski definition) is 1. The van der Waals surface area contributed by atoms with E-state index in [1.807, 2.05) is 30.3 Å². The molecule has 0 saturated heterocycles. The average molecular weight is 258 g/mol. The fourth-order valence-electron chi connectivity index (χ4n) is 2.37. The minimum absolute atomic E-state index is 0.0631. The highest BCUT2D eigenvalue weighted by Crippen LogP contribution is 2.23. The zero-order valence-electron chi connectivity index (χ0n) is 10.8. The molecule has 0 unspecified atom stereocenters. The van der Waals surface area contributed by atoms with E-state index in [4.69, 9.17) is 10.00 Å². The van der Waals surface area contributed by atoms with Gasteiger partial charge in [-0.1, -0.05) is 36.8 Å². The van der Waals surface area contributed by atoms with Crippen LogP contribution in [0.5, 0.6) is 0 Å². The van der Waals surface area contributed by atoms with Crippen LogP contribution in [0, 0.1) is 17.2 Å². The molecule has 1 aromatic rings. The maximum atomic E-state index is 11.7. The number of nitriles is 1. The van der Waals surface area contributed by atoms with E-state index in [9.17, 15) is 4.79 Å². The molecule has 4 nitrogen and oxygen atoms in total. The van der Waals surface area contributed by atoms with Crippen molar-refractivity contribution in [2.24, 2.45) is 5.92 Å². The summed E-state index contributed by atoms with van der Waals surface area (Å²) >= 11 is 0. The molecule has 0 radical (unpaired) electrons. The van der Waals surface area contributed by atoms with Crippen molar-refractivity contribution in [2.45, 2.75) is 38.3 Å². The summed E-state index contributed by atoms with van der Waals surface area (Å²) in [5.41, 5.74) is 0.969. The van der Waals surface area contributed by atoms with Crippen molar-refractivity contribution < 1.29 is 9.53 Å². The largest absolute Gasteiger partial charge is 0.445 e. The lowest BCUT2D eigenvalue weighted by molar-refractivity contribution is 0.132. The van der Waals surface area contributed by atoms with Crippen LogP contribution in [0.15, 0.2) is 30.3 Å². The van der Waals surface area contributed by atoms with Crippen LogP contribution in [0.3, 0.4) is 0 Å². The van der Waals surface area contributed by atoms with Crippen LogP contribution in [0.4, 0.5) is 4.79 Å². The number of carbonyl (C=O) groups is 1. The first-order valence-corrected chi connectivity index (χ1v) is 6.65. The summed E-state index contributed by atoms with van der Waals surface area (Å²) in [7, 11) is 0. The van der Waals surface area contributed by atoms with E-state index < -0.39 is 6.09 Å². The van der Waals surface area contributed by atoms with E-state index in [0.29, 0.717) is 0 Å². The Balaban J connectivity index is 1.74. The fraction of sp³-hybridized carbons (Fsp3) is 0.467. The fourth-order valence-corrected chi connectivity index (χ4v) is 2.37. The predicted octanol–water partition coefficient (Wildman–Crippen LogP) is 3.00. The number of carbonyl (C=O) groups excluding carboxylic acids is 1. The van der Waals surface area contributed by atoms with Crippen LogP contribution in [-0.4, -0.2) is 12.1 Å². The Labute approximate surface area is 113 Å². The molecular weight excluding hydrogens is 240 g/mol. The zero-order chi connectivity index (χ0) is 13.5. The molecule has 0 aliphatic heterocycles. The second-order valence-electron chi connectivity index (χ2n) is 4.90. The third kappa shape index (κ3) is 4.29. The van der Waals surface area contributed by atoms with Gasteiger partial charge >= 0.3 is 6.09 Å². The molecule has 100 valence electrons. The lowest BCUT2D eigenvalue weighted by atomic mass is 9.87. The lowest BCUT2D eigenvalue weighted by Crippen LogP contribution is -2.38. The molecule has 1 fully saturated rings. The van der Waals surface area contributed by atoms with E-state index >= 15 is 0 Å². The van der Waals surface area contributed by atoms with Crippen LogP contribution >= 0.6 is 0 Å². The van der Waals surface area contributed by atoms with E-state index in [1.165, 1.54) is 0 Å². The standard InChI is InChI=1S/C15H18N2O2/c16-10-13-7-4-8-14(9-13)17-15(18)19-11-12-5-2-1-3-6-12/h1-3,5-6,13-14H,4,7-9,11H2,(H,17,18)/t13-,14-/m0/s1. The maximum absolute atomic E-state index is 11.7. The summed E-state index contributed by atoms with van der Waals surface area (Å²) < 4.78 is 5.17. The van der Waals surface area contributed by atoms with Crippen molar-refractivity contribution in [3.05, 3.63) is 35.9 Å². The van der Waals surface area contributed by atoms with Gasteiger partial charge in [0.15, 0.2) is 0 Å². The Kier molecular flexibility index (Phi) is 4.79. The SMILES string of the molecule is N#C[C@H]1CCC[C@H](NC(=O)OCc2ccccc2)C1. The number of alkyl carbamates (subject to hydrolysis) is 1. The molecule has 0 bridgehead atoms. The molecule has 0 spiro atoms. The molecule has 0 aromatic heterocycles. The zero-order valence-corrected chi connectivity index (χ0v) is 10.8. The molecule has 19 heavy (non-hydrogen) atoms. The Bertz CT molecular complexity index is 453. The van der Waals surface area contributed by atoms with Crippen molar-refractivity contribution >= 4 is 6.09 Å². The molecule has 1 aliphatic rings. The summed E-state index contributed by atoms with van der Waals surface area (Å²) in [6.45, 7) is 0.279. The van der Waals surface area contributed by atoms with Gasteiger partial charge < -0.3 is 10.1 Å². The topological polar surface area (TPSA) is 62.1 Å². The second-order valence-corrected chi connectivity index (χ2v) is 4.90. The minimum Gasteiger partial charge on any atom is -0.445 e. The highest BCUT2D eigenvalue weighted by Gasteiger charge is 2.23. The van der Waals surface area contributed by atoms with E-state index in [1.54, 1.807) is 0 Å². The summed E-state index contributed by atoms with van der Waals surface area (Å²) in [5.74, 6) is 0.0631. The van der Waals surface area contributed by atoms with Gasteiger partial charge in [-0.3, -0.25) is 0 Å². The van der Waals surface area contributed by atoms with Gasteiger partial charge in [0.2, 0.25) is 0 Å². The van der Waals surface area contributed by atoms with Crippen LogP contribution in [-0.2, 0) is 11.3 Å². The molecule has 1 N–H and O–H groups in total. The van der Waals surface area contributed by atoms with Crippen molar-refractivity contribution in [2.75, 3.05) is 0 Å². The van der Waals surface area contributed by atoms with Crippen LogP contribution < -0.4 is 5.32 Å². The van der Waals surface area contributed by atoms with Crippen LogP contribution in [0.2, 0.25) is 0 Å². The van der Waals surface area contributed by atoms with E-state index in [2.05, 4.69) is 11.4 Å². The van der Waals surface area contributed by atoms with Gasteiger partial charge in [-0.15, -0.1) is 0 Å². The Morgan fingerprint density at radius 2 is 2.16 bits per heavy atom. The Morgan fingerprint density at radius 1 is 1.37 bits per heavy atom. The summed E-state index contributed by atoms with van der Waals surface area (Å²) in [6.07, 6.45) is 3.19. The monoisotopic (exact) mass is 258 g/mol. The number of ether oxygens (including phenoxy) is 1. The maximum Gasteiger partial charge on any atom is 0.407 e. The molecule has 2 atom stereocenters. The van der Waals surface area contributed by atoms with Crippen molar-refractivity contribution in [1.82, 2.24) is 5.32 Å². The lowest BCUT2D eigenvalue weighted by Gasteiger charge is -2.25. The quantitative estimate of drug-likeness (QED) is 0.906. The van der Waals surface area contributed by atoms with Gasteiger partial charge in [0, 0.05) is 12.0 Å². The number of nitrogens with one attached hydrogen (secondary N) is 1. The molecule has 4 heteroatoms. The molecule has 0 heterocycles. The molecule has 2 rings (SSSR count). The number of rotatable bonds is 3. The van der Waals surface area contributed by atoms with Gasteiger partial charge in [-0.25, -0.2) is 4.79 Å². The molecular formula is C15H18N2O2. The summed E-state index contributed by atoms with van der Waals surface area (Å²) in [4.78, 5) is 11.7. The van der Waals surface area contributed by atoms with Gasteiger partial charge in [0.05, 0.1) is 6.07 Å². The van der Waals surface area contributed by atoms with Crippen molar-refractivity contribution in [3.8, 4) is 6.07 Å². The highest BCUT2D eigenvalue weighted by atomic mass is 16.5. The van der Waals surface area contributed by atoms with Crippen molar-refractivity contribution in [1.29, 1.82) is 5.26 Å². The van der Waals surface area contributed by atoms with Crippen LogP contribution in [0.25, 0.3) is 0 Å². The van der Waals surface area contributed by atoms with E-state index in [-0.39, 0.29) is 18.6 Å². The number of hydrogen-bond acceptors (Lipinski definition) is 3. The molecule has 1 aromatic carbocycles. The van der Waals surface area contributed by atoms with Gasteiger partial charge in [0.25, 0.3) is 0 Å². The number of amides is 1. The first-order valence-electron chi connectivity index (χ1n) is 6.65. The second kappa shape index (κ2) is 6.79. The predicted molar refractivity (Wildman–Crippen MR) is 71.1 cm³/mol. The Morgan fingerprint density at radius 3 is 2.89 bits per heavy atom. The third-order valence-electron chi connectivity index (χ3n) is 3.39. The first kappa shape index (κ1) is 13.4. The molecule has 1 aliphatic carbocycles. The highest BCUT2D eigenvalue weighted by molar-refractivity contribution is 5.67. The Hall–Kier alpha value is -2.02. The van der Waals surface area contributed by atoms with E-state index in [0.717, 1.165) is 31.2 Å². The first-order chi connectivity index (χ1) is 9.28. The van der Waals surface area contributed by atoms with Gasteiger partial charge in [0.1, 0.15) is 6.61 Å². The smallest absolute Gasteiger partial charge is 0.407 e. The normalized spacial score (nSPS) is 22.3. The average Bonchev–Trinajstić information content (AvgIpc) is 2.46. The summed E-state index contributed by atoms with van der Waals surface area (Å²) in [5, 5.41) is 11.7. The number of nitrogens with zero attached hydrogens (tertiary/aromatic N) is 1. The summed E-state index contributed by atoms with van der Waals surface area (Å²) in [6, 6.07) is 11.9. The minimum atomic E-state index is -0.396. The molecule has 1 saturated carbocycles. The van der Waals surface area contributed by atoms with Gasteiger partial charge in [-0.2, -0.15) is 5.26 Å². The molecule has 1 amide bonds. The van der Waals surface area contributed by atoms with Gasteiger partial charge in [-0.05, 0) is 24.8 Å². The van der Waals surface area contributed by atoms with Crippen LogP contribution in [0.1, 0.15) is 31.2 Å². The number of benzene rings is 1. The van der Waals surface area contributed by atoms with Crippen molar-refractivity contribution in [3.63, 3.8) is 0 Å².